The van der Waals surface area contributed by atoms with Crippen molar-refractivity contribution in [3.05, 3.63) is 29.8 Å². The standard InChI is InChI=1S/C20H35S/c1-4-5-6-7-8-9-10-11-12-13-18-21(3)20-16-14-19(2)15-17-20/h14-17H,4-13,18H2,1-3H3/q+1. The summed E-state index contributed by atoms with van der Waals surface area (Å²) in [4.78, 5) is 1.54. The van der Waals surface area contributed by atoms with E-state index in [4.69, 9.17) is 0 Å². The van der Waals surface area contributed by atoms with Crippen LogP contribution < -0.4 is 0 Å². The molecule has 1 heteroatoms. The molecular formula is C20H35S+. The molecular weight excluding hydrogens is 272 g/mol. The van der Waals surface area contributed by atoms with E-state index in [9.17, 15) is 0 Å². The summed E-state index contributed by atoms with van der Waals surface area (Å²) in [6.07, 6.45) is 16.7. The van der Waals surface area contributed by atoms with E-state index >= 15 is 0 Å². The normalized spacial score (nSPS) is 12.5. The smallest absolute Gasteiger partial charge is 0.0654 e. The minimum absolute atomic E-state index is 0.446. The topological polar surface area (TPSA) is 0 Å². The number of rotatable bonds is 12. The van der Waals surface area contributed by atoms with E-state index < -0.39 is 0 Å². The summed E-state index contributed by atoms with van der Waals surface area (Å²) in [6, 6.07) is 9.12. The molecule has 0 fully saturated rings. The predicted molar refractivity (Wildman–Crippen MR) is 99.4 cm³/mol. The van der Waals surface area contributed by atoms with Crippen molar-refractivity contribution in [1.29, 1.82) is 0 Å². The molecule has 0 saturated heterocycles. The Morgan fingerprint density at radius 3 is 1.71 bits per heavy atom. The minimum atomic E-state index is 0.446. The van der Waals surface area contributed by atoms with Gasteiger partial charge in [0, 0.05) is 10.9 Å². The maximum Gasteiger partial charge on any atom is 0.154 e. The fourth-order valence-corrected chi connectivity index (χ4v) is 4.17. The number of unbranched alkanes of at least 4 members (excludes halogenated alkanes) is 9. The van der Waals surface area contributed by atoms with Gasteiger partial charge in [0.2, 0.25) is 0 Å². The molecule has 120 valence electrons. The van der Waals surface area contributed by atoms with Gasteiger partial charge < -0.3 is 0 Å². The first-order valence-corrected chi connectivity index (χ1v) is 10.7. The number of benzene rings is 1. The lowest BCUT2D eigenvalue weighted by Crippen LogP contribution is -2.05. The van der Waals surface area contributed by atoms with Gasteiger partial charge in [-0.1, -0.05) is 76.0 Å². The largest absolute Gasteiger partial charge is 0.154 e. The van der Waals surface area contributed by atoms with Gasteiger partial charge in [-0.05, 0) is 31.9 Å². The summed E-state index contributed by atoms with van der Waals surface area (Å²) < 4.78 is 0. The first kappa shape index (κ1) is 18.6. The molecule has 0 aromatic heterocycles. The minimum Gasteiger partial charge on any atom is -0.0654 e. The van der Waals surface area contributed by atoms with Gasteiger partial charge in [0.25, 0.3) is 0 Å². The monoisotopic (exact) mass is 307 g/mol. The maximum absolute atomic E-state index is 2.40. The quantitative estimate of drug-likeness (QED) is 0.304. The van der Waals surface area contributed by atoms with Crippen molar-refractivity contribution in [2.75, 3.05) is 12.0 Å². The number of aryl methyl sites for hydroxylation is 1. The van der Waals surface area contributed by atoms with Crippen molar-refractivity contribution in [2.45, 2.75) is 83.0 Å². The van der Waals surface area contributed by atoms with Crippen LogP contribution in [0.4, 0.5) is 0 Å². The van der Waals surface area contributed by atoms with Gasteiger partial charge in [-0.15, -0.1) is 0 Å². The Kier molecular flexibility index (Phi) is 10.8. The molecule has 0 heterocycles. The van der Waals surface area contributed by atoms with Crippen LogP contribution in [0.2, 0.25) is 0 Å². The van der Waals surface area contributed by atoms with Gasteiger partial charge in [0.1, 0.15) is 12.0 Å². The fraction of sp³-hybridized carbons (Fsp3) is 0.700. The number of hydrogen-bond acceptors (Lipinski definition) is 0. The predicted octanol–water partition coefficient (Wildman–Crippen LogP) is 6.52. The van der Waals surface area contributed by atoms with Crippen LogP contribution in [-0.2, 0) is 10.9 Å². The second kappa shape index (κ2) is 12.1. The fourth-order valence-electron chi connectivity index (χ4n) is 2.69. The highest BCUT2D eigenvalue weighted by Gasteiger charge is 2.13. The van der Waals surface area contributed by atoms with Crippen molar-refractivity contribution in [1.82, 2.24) is 0 Å². The van der Waals surface area contributed by atoms with Crippen LogP contribution in [0, 0.1) is 6.92 Å². The van der Waals surface area contributed by atoms with Gasteiger partial charge >= 0.3 is 0 Å². The molecule has 0 aliphatic carbocycles. The zero-order valence-corrected chi connectivity index (χ0v) is 15.3. The van der Waals surface area contributed by atoms with E-state index in [1.165, 1.54) is 80.4 Å². The molecule has 21 heavy (non-hydrogen) atoms. The average molecular weight is 308 g/mol. The molecule has 1 aromatic rings. The van der Waals surface area contributed by atoms with Crippen LogP contribution in [0.15, 0.2) is 29.2 Å². The van der Waals surface area contributed by atoms with Crippen LogP contribution in [0.3, 0.4) is 0 Å². The van der Waals surface area contributed by atoms with Crippen LogP contribution in [-0.4, -0.2) is 12.0 Å². The van der Waals surface area contributed by atoms with E-state index in [2.05, 4.69) is 44.4 Å². The summed E-state index contributed by atoms with van der Waals surface area (Å²) in [5.74, 6) is 1.37. The van der Waals surface area contributed by atoms with Gasteiger partial charge in [0.15, 0.2) is 4.90 Å². The highest BCUT2D eigenvalue weighted by atomic mass is 32.2. The lowest BCUT2D eigenvalue weighted by atomic mass is 10.1. The second-order valence-electron chi connectivity index (χ2n) is 6.34. The Hall–Kier alpha value is -0.430. The van der Waals surface area contributed by atoms with E-state index in [-0.39, 0.29) is 0 Å². The third-order valence-corrected chi connectivity index (χ3v) is 6.21. The lowest BCUT2D eigenvalue weighted by Gasteiger charge is -2.04. The molecule has 1 atom stereocenters. The summed E-state index contributed by atoms with van der Waals surface area (Å²) in [5.41, 5.74) is 1.37. The van der Waals surface area contributed by atoms with Gasteiger partial charge in [-0.2, -0.15) is 0 Å². The van der Waals surface area contributed by atoms with E-state index in [0.29, 0.717) is 10.9 Å². The Bertz CT molecular complexity index is 341. The summed E-state index contributed by atoms with van der Waals surface area (Å²) in [7, 11) is 0.446. The molecule has 0 N–H and O–H groups in total. The van der Waals surface area contributed by atoms with Crippen LogP contribution in [0.5, 0.6) is 0 Å². The van der Waals surface area contributed by atoms with Gasteiger partial charge in [-0.3, -0.25) is 0 Å². The summed E-state index contributed by atoms with van der Waals surface area (Å²) in [5, 5.41) is 0. The molecule has 0 saturated carbocycles. The molecule has 0 spiro atoms. The molecule has 0 nitrogen and oxygen atoms in total. The lowest BCUT2D eigenvalue weighted by molar-refractivity contribution is 0.563. The molecule has 0 bridgehead atoms. The van der Waals surface area contributed by atoms with Crippen LogP contribution in [0.25, 0.3) is 0 Å². The molecule has 0 aliphatic heterocycles. The molecule has 1 unspecified atom stereocenters. The van der Waals surface area contributed by atoms with Gasteiger partial charge in [0.05, 0.1) is 0 Å². The first-order valence-electron chi connectivity index (χ1n) is 8.93. The second-order valence-corrected chi connectivity index (χ2v) is 8.49. The highest BCUT2D eigenvalue weighted by Crippen LogP contribution is 2.16. The van der Waals surface area contributed by atoms with Gasteiger partial charge in [-0.25, -0.2) is 0 Å². The average Bonchev–Trinajstić information content (AvgIpc) is 2.49. The van der Waals surface area contributed by atoms with Crippen molar-refractivity contribution in [2.24, 2.45) is 0 Å². The number of hydrogen-bond donors (Lipinski definition) is 0. The van der Waals surface area contributed by atoms with Crippen molar-refractivity contribution in [3.63, 3.8) is 0 Å². The Morgan fingerprint density at radius 2 is 1.19 bits per heavy atom. The van der Waals surface area contributed by atoms with Crippen LogP contribution in [0.1, 0.15) is 76.7 Å². The van der Waals surface area contributed by atoms with E-state index in [1.807, 2.05) is 0 Å². The van der Waals surface area contributed by atoms with Crippen molar-refractivity contribution in [3.8, 4) is 0 Å². The Labute approximate surface area is 136 Å². The molecule has 0 amide bonds. The maximum atomic E-state index is 2.40. The molecule has 0 aliphatic rings. The summed E-state index contributed by atoms with van der Waals surface area (Å²) >= 11 is 0. The SMILES string of the molecule is CCCCCCCCCCCC[S+](C)c1ccc(C)cc1. The molecule has 1 aromatic carbocycles. The zero-order chi connectivity index (χ0) is 15.3. The molecule has 0 radical (unpaired) electrons. The Morgan fingerprint density at radius 1 is 0.714 bits per heavy atom. The van der Waals surface area contributed by atoms with Crippen LogP contribution >= 0.6 is 0 Å². The van der Waals surface area contributed by atoms with Crippen molar-refractivity contribution < 1.29 is 0 Å². The zero-order valence-electron chi connectivity index (χ0n) is 14.5. The third kappa shape index (κ3) is 9.24. The Balaban J connectivity index is 1.95. The highest BCUT2D eigenvalue weighted by molar-refractivity contribution is 7.96. The third-order valence-electron chi connectivity index (χ3n) is 4.23. The van der Waals surface area contributed by atoms with E-state index in [0.717, 1.165) is 0 Å². The van der Waals surface area contributed by atoms with E-state index in [1.54, 1.807) is 0 Å². The van der Waals surface area contributed by atoms with Crippen molar-refractivity contribution >= 4 is 10.9 Å². The molecule has 1 rings (SSSR count). The first-order chi connectivity index (χ1) is 10.2. The summed E-state index contributed by atoms with van der Waals surface area (Å²) in [6.45, 7) is 4.46.